The van der Waals surface area contributed by atoms with Crippen molar-refractivity contribution in [1.82, 2.24) is 0 Å². The van der Waals surface area contributed by atoms with Gasteiger partial charge in [-0.2, -0.15) is 0 Å². The average Bonchev–Trinajstić information content (AvgIpc) is 3.07. The summed E-state index contributed by atoms with van der Waals surface area (Å²) in [6, 6.07) is 45.6. The monoisotopic (exact) mass is 1210 g/mol. The summed E-state index contributed by atoms with van der Waals surface area (Å²) in [5.41, 5.74) is 4.21. The van der Waals surface area contributed by atoms with E-state index in [1.165, 1.54) is 0 Å². The fraction of sp³-hybridized carbons (Fsp3) is 0.125. The van der Waals surface area contributed by atoms with Crippen LogP contribution in [0.3, 0.4) is 0 Å². The zero-order chi connectivity index (χ0) is 37.0. The Morgan fingerprint density at radius 2 is 0.292 bits per heavy atom. The molecule has 0 aliphatic carbocycles. The molecule has 304 valence electrons. The molecule has 5 rings (SSSR count). The number of carboxylic acids is 5. The number of rotatable bonds is 10. The van der Waals surface area contributed by atoms with E-state index in [0.29, 0.717) is 0 Å². The smallest absolute Gasteiger partial charge is 1.00 e. The molecule has 0 saturated carbocycles. The van der Waals surface area contributed by atoms with Crippen molar-refractivity contribution in [2.75, 3.05) is 0 Å². The van der Waals surface area contributed by atoms with E-state index in [4.69, 9.17) is 25.5 Å². The molecule has 0 heterocycles. The van der Waals surface area contributed by atoms with Crippen molar-refractivity contribution in [3.05, 3.63) is 179 Å². The predicted octanol–water partition coefficient (Wildman–Crippen LogP) is -56.9. The van der Waals surface area contributed by atoms with Crippen molar-refractivity contribution in [1.29, 1.82) is 0 Å². The van der Waals surface area contributed by atoms with Crippen LogP contribution in [0.1, 0.15) is 59.2 Å². The largest absolute Gasteiger partial charge is 1.00 e. The summed E-state index contributed by atoms with van der Waals surface area (Å²) >= 11 is 0. The normalized spacial score (nSPS) is 6.39. The molecule has 0 unspecified atom stereocenters. The van der Waals surface area contributed by atoms with Crippen LogP contribution in [-0.4, -0.2) is 55.4 Å². The Morgan fingerprint density at radius 3 is 0.361 bits per heavy atom. The van der Waals surface area contributed by atoms with E-state index in [9.17, 15) is 24.0 Å². The maximum atomic E-state index is 10.2. The second-order valence-electron chi connectivity index (χ2n) is 10.3. The molecule has 72 heavy (non-hydrogen) atoms. The fourth-order valence-corrected chi connectivity index (χ4v) is 3.85. The third kappa shape index (κ3) is 107. The minimum Gasteiger partial charge on any atom is -1.00 e. The molecule has 0 amide bonds. The molecule has 0 aromatic heterocycles. The van der Waals surface area contributed by atoms with E-state index in [2.05, 4.69) is 0 Å². The number of carbonyl (C=O) groups is 5. The molecule has 5 aromatic carbocycles. The van der Waals surface area contributed by atoms with Gasteiger partial charge >= 0.3 is 680 Å². The second kappa shape index (κ2) is 111. The zero-order valence-corrected chi connectivity index (χ0v) is 93.2. The van der Waals surface area contributed by atoms with Gasteiger partial charge in [0.05, 0.1) is 32.1 Å². The first-order valence-electron chi connectivity index (χ1n) is 15.2. The van der Waals surface area contributed by atoms with Gasteiger partial charge in [0.25, 0.3) is 0 Å². The quantitative estimate of drug-likeness (QED) is 0.0843. The summed E-state index contributed by atoms with van der Waals surface area (Å²) in [6.07, 6.45) is 0.560. The van der Waals surface area contributed by atoms with Crippen LogP contribution in [0.5, 0.6) is 0 Å². The molecular formula is C40H62Na22O10. The molecule has 0 saturated heterocycles. The van der Waals surface area contributed by atoms with E-state index >= 15 is 0 Å². The standard InChI is InChI=1S/5C8H8O2.22Na.22H/c5*9-8(10)6-7-4-2-1-3-5-7;;;;;;;;;;;;;;;;;;;;;;;;;;;;;;;;;;;;;;;;;;;;/h5*1-5H,6H2,(H,9,10);;;;;;;;;;;;;;;;;;;;;;;;;;;;;;;;;;;;;;;;;;;;/q;;;;;22*+1;22*-1. The van der Waals surface area contributed by atoms with E-state index in [0.717, 1.165) is 27.8 Å². The SMILES string of the molecule is O=C(O)Cc1ccccc1.O=C(O)Cc1ccccc1.O=C(O)Cc1ccccc1.O=C(O)Cc1ccccc1.O=C(O)Cc1ccccc1.[H-].[H-].[H-].[H-].[H-].[H-].[H-].[H-].[H-].[H-].[H-].[H-].[H-].[H-].[H-].[H-].[H-].[H-].[H-].[H-].[H-].[H-].[Na+].[Na+].[Na+].[Na+].[Na+].[Na+].[Na+].[Na+].[Na+].[Na+].[Na+].[Na+].[Na+].[Na+].[Na+].[Na+].[Na+].[Na+].[Na+].[Na+].[Na+].[Na+]. The zero-order valence-electron chi connectivity index (χ0n) is 71.2. The van der Waals surface area contributed by atoms with Gasteiger partial charge in [-0.3, -0.25) is 24.0 Å². The third-order valence-corrected chi connectivity index (χ3v) is 5.99. The number of hydrogen-bond acceptors (Lipinski definition) is 5. The summed E-state index contributed by atoms with van der Waals surface area (Å²) in [5.74, 6) is -3.93. The maximum Gasteiger partial charge on any atom is 1.00 e. The number of benzene rings is 5. The third-order valence-electron chi connectivity index (χ3n) is 5.99. The Labute approximate surface area is 948 Å². The van der Waals surface area contributed by atoms with Gasteiger partial charge in [-0.15, -0.1) is 0 Å². The number of hydrogen-bond donors (Lipinski definition) is 5. The van der Waals surface area contributed by atoms with Gasteiger partial charge in [0.1, 0.15) is 0 Å². The summed E-state index contributed by atoms with van der Waals surface area (Å²) in [5, 5.41) is 41.8. The second-order valence-corrected chi connectivity index (χ2v) is 10.3. The molecule has 0 radical (unpaired) electrons. The number of aliphatic carboxylic acids is 5. The Bertz CT molecular complexity index is 1520. The minimum absolute atomic E-state index is 0. The van der Waals surface area contributed by atoms with E-state index in [1.807, 2.05) is 91.0 Å². The van der Waals surface area contributed by atoms with Crippen molar-refractivity contribution in [2.45, 2.75) is 32.1 Å². The molecule has 10 nitrogen and oxygen atoms in total. The van der Waals surface area contributed by atoms with Crippen LogP contribution in [0.4, 0.5) is 0 Å². The summed E-state index contributed by atoms with van der Waals surface area (Å²) in [7, 11) is 0. The van der Waals surface area contributed by atoms with Crippen LogP contribution in [0.2, 0.25) is 0 Å². The fourth-order valence-electron chi connectivity index (χ4n) is 3.85. The van der Waals surface area contributed by atoms with Crippen LogP contribution in [0.15, 0.2) is 152 Å². The molecule has 0 spiro atoms. The van der Waals surface area contributed by atoms with Gasteiger partial charge < -0.3 is 56.9 Å². The van der Waals surface area contributed by atoms with Crippen LogP contribution in [-0.2, 0) is 56.1 Å². The van der Waals surface area contributed by atoms with Gasteiger partial charge in [-0.05, 0) is 27.8 Å². The van der Waals surface area contributed by atoms with Gasteiger partial charge in [0, 0.05) is 0 Å². The van der Waals surface area contributed by atoms with E-state index < -0.39 is 29.8 Å². The molecular weight excluding hydrogens is 1150 g/mol. The van der Waals surface area contributed by atoms with Crippen LogP contribution in [0.25, 0.3) is 0 Å². The first-order chi connectivity index (χ1) is 23.9. The van der Waals surface area contributed by atoms with Gasteiger partial charge in [0.2, 0.25) is 0 Å². The molecule has 5 N–H and O–H groups in total. The van der Waals surface area contributed by atoms with Crippen molar-refractivity contribution in [3.63, 3.8) is 0 Å². The van der Waals surface area contributed by atoms with Crippen molar-refractivity contribution in [3.8, 4) is 0 Å². The maximum absolute atomic E-state index is 10.2. The summed E-state index contributed by atoms with van der Waals surface area (Å²) in [6.45, 7) is 0. The predicted molar refractivity (Wildman–Crippen MR) is 213 cm³/mol. The van der Waals surface area contributed by atoms with Gasteiger partial charge in [0.15, 0.2) is 0 Å². The Kier molecular flexibility index (Phi) is 235. The Morgan fingerprint density at radius 1 is 0.208 bits per heavy atom. The summed E-state index contributed by atoms with van der Waals surface area (Å²) in [4.78, 5) is 50.8. The van der Waals surface area contributed by atoms with Crippen molar-refractivity contribution >= 4 is 29.8 Å². The first-order valence-corrected chi connectivity index (χ1v) is 15.2. The Balaban J connectivity index is -0.00000000709. The van der Waals surface area contributed by atoms with Gasteiger partial charge in [-0.1, -0.05) is 152 Å². The van der Waals surface area contributed by atoms with Crippen LogP contribution < -0.4 is 650 Å². The topological polar surface area (TPSA) is 186 Å². The number of carboxylic acid groups (broad SMARTS) is 5. The first kappa shape index (κ1) is 153. The van der Waals surface area contributed by atoms with Crippen LogP contribution in [0, 0.1) is 0 Å². The van der Waals surface area contributed by atoms with Crippen LogP contribution >= 0.6 is 0 Å². The minimum atomic E-state index is -0.786. The molecule has 0 aliphatic heterocycles. The molecule has 0 aliphatic rings. The summed E-state index contributed by atoms with van der Waals surface area (Å²) < 4.78 is 0. The molecule has 0 atom stereocenters. The average molecular weight is 1210 g/mol. The van der Waals surface area contributed by atoms with E-state index in [1.54, 1.807) is 60.7 Å². The molecule has 5 aromatic rings. The molecule has 0 bridgehead atoms. The van der Waals surface area contributed by atoms with Gasteiger partial charge in [-0.25, -0.2) is 0 Å². The molecule has 32 heteroatoms. The van der Waals surface area contributed by atoms with Crippen molar-refractivity contribution in [2.24, 2.45) is 0 Å². The van der Waals surface area contributed by atoms with Crippen molar-refractivity contribution < 1.29 is 731 Å². The molecule has 0 fully saturated rings. The van der Waals surface area contributed by atoms with E-state index in [-0.39, 0.29) is 714 Å². The Hall–Kier alpha value is 15.5.